The Morgan fingerprint density at radius 2 is 1.71 bits per heavy atom. The van der Waals surface area contributed by atoms with Crippen LogP contribution < -0.4 is 0 Å². The molecule has 3 aromatic heterocycles. The quantitative estimate of drug-likeness (QED) is 0.552. The number of rotatable bonds is 2. The summed E-state index contributed by atoms with van der Waals surface area (Å²) in [4.78, 5) is 13.3. The van der Waals surface area contributed by atoms with Crippen LogP contribution in [0.4, 0.5) is 0 Å². The summed E-state index contributed by atoms with van der Waals surface area (Å²) in [5.41, 5.74) is 7.08. The highest BCUT2D eigenvalue weighted by atomic mass is 16.4. The molecule has 0 aliphatic rings. The van der Waals surface area contributed by atoms with E-state index in [-0.39, 0.29) is 0 Å². The predicted molar refractivity (Wildman–Crippen MR) is 93.3 cm³/mol. The summed E-state index contributed by atoms with van der Waals surface area (Å²) >= 11 is 0. The maximum Gasteiger partial charge on any atom is 0.246 e. The number of hydrogen-bond donors (Lipinski definition) is 0. The molecule has 0 N–H and O–H groups in total. The van der Waals surface area contributed by atoms with Crippen molar-refractivity contribution < 1.29 is 4.42 Å². The topological polar surface area (TPSA) is 56.7 Å². The van der Waals surface area contributed by atoms with Gasteiger partial charge in [0.05, 0.1) is 5.69 Å². The van der Waals surface area contributed by atoms with Gasteiger partial charge in [0.25, 0.3) is 0 Å². The van der Waals surface area contributed by atoms with Gasteiger partial charge >= 0.3 is 0 Å². The third kappa shape index (κ3) is 2.29. The van der Waals surface area contributed by atoms with E-state index in [1.807, 2.05) is 25.4 Å². The highest BCUT2D eigenvalue weighted by Gasteiger charge is 2.14. The zero-order valence-corrected chi connectivity index (χ0v) is 14.2. The van der Waals surface area contributed by atoms with Crippen LogP contribution in [0.5, 0.6) is 0 Å². The van der Waals surface area contributed by atoms with Crippen LogP contribution in [0.15, 0.2) is 41.2 Å². The molecule has 0 saturated carbocycles. The maximum absolute atomic E-state index is 5.46. The highest BCUT2D eigenvalue weighted by molar-refractivity contribution is 5.75. The Hall–Kier alpha value is -2.95. The number of hydrogen-bond acceptors (Lipinski definition) is 4. The molecule has 0 aliphatic heterocycles. The first-order valence-corrected chi connectivity index (χ1v) is 7.88. The smallest absolute Gasteiger partial charge is 0.246 e. The third-order valence-corrected chi connectivity index (χ3v) is 4.13. The minimum atomic E-state index is 0.553. The van der Waals surface area contributed by atoms with E-state index >= 15 is 0 Å². The van der Waals surface area contributed by atoms with Gasteiger partial charge in [-0.1, -0.05) is 17.7 Å². The molecule has 4 rings (SSSR count). The number of nitrogens with zero attached hydrogens (tertiary/aromatic N) is 4. The zero-order valence-electron chi connectivity index (χ0n) is 14.2. The van der Waals surface area contributed by atoms with Crippen molar-refractivity contribution in [1.82, 2.24) is 19.5 Å². The second-order valence-corrected chi connectivity index (χ2v) is 6.15. The van der Waals surface area contributed by atoms with E-state index in [9.17, 15) is 0 Å². The Morgan fingerprint density at radius 1 is 0.958 bits per heavy atom. The molecule has 4 aromatic rings. The number of imidazole rings is 1. The van der Waals surface area contributed by atoms with Crippen molar-refractivity contribution in [2.75, 3.05) is 0 Å². The Kier molecular flexibility index (Phi) is 3.23. The average molecular weight is 318 g/mol. The van der Waals surface area contributed by atoms with E-state index in [4.69, 9.17) is 4.42 Å². The molecule has 5 heteroatoms. The first-order chi connectivity index (χ1) is 11.5. The van der Waals surface area contributed by atoms with Crippen LogP contribution in [0.25, 0.3) is 28.3 Å². The van der Waals surface area contributed by atoms with E-state index in [1.165, 1.54) is 16.7 Å². The van der Waals surface area contributed by atoms with Crippen LogP contribution in [-0.4, -0.2) is 19.5 Å². The molecule has 0 aliphatic carbocycles. The molecule has 0 amide bonds. The summed E-state index contributed by atoms with van der Waals surface area (Å²) in [6, 6.07) is 6.35. The highest BCUT2D eigenvalue weighted by Crippen LogP contribution is 2.28. The Morgan fingerprint density at radius 3 is 2.46 bits per heavy atom. The summed E-state index contributed by atoms with van der Waals surface area (Å²) < 4.78 is 7.57. The fourth-order valence-electron chi connectivity index (χ4n) is 3.30. The number of fused-ring (bicyclic) bond motifs is 1. The fraction of sp³-hybridized carbons (Fsp3) is 0.211. The second kappa shape index (κ2) is 5.30. The van der Waals surface area contributed by atoms with Crippen LogP contribution in [0, 0.1) is 27.7 Å². The predicted octanol–water partition coefficient (Wildman–Crippen LogP) is 4.31. The summed E-state index contributed by atoms with van der Waals surface area (Å²) in [6.07, 6.45) is 5.58. The third-order valence-electron chi connectivity index (χ3n) is 4.13. The molecule has 3 heterocycles. The minimum absolute atomic E-state index is 0.553. The summed E-state index contributed by atoms with van der Waals surface area (Å²) in [7, 11) is 0. The van der Waals surface area contributed by atoms with Crippen molar-refractivity contribution in [3.05, 3.63) is 59.4 Å². The van der Waals surface area contributed by atoms with Crippen LogP contribution >= 0.6 is 0 Å². The van der Waals surface area contributed by atoms with Gasteiger partial charge in [0.1, 0.15) is 11.3 Å². The maximum atomic E-state index is 5.46. The average Bonchev–Trinajstić information content (AvgIpc) is 3.10. The van der Waals surface area contributed by atoms with Gasteiger partial charge in [-0.3, -0.25) is 4.57 Å². The first kappa shape index (κ1) is 14.6. The van der Waals surface area contributed by atoms with Crippen LogP contribution in [0.2, 0.25) is 0 Å². The van der Waals surface area contributed by atoms with Gasteiger partial charge in [-0.2, -0.15) is 0 Å². The van der Waals surface area contributed by atoms with E-state index in [2.05, 4.69) is 52.4 Å². The number of oxazole rings is 1. The van der Waals surface area contributed by atoms with Crippen LogP contribution in [0.1, 0.15) is 22.6 Å². The van der Waals surface area contributed by atoms with Gasteiger partial charge in [-0.15, -0.1) is 0 Å². The van der Waals surface area contributed by atoms with Gasteiger partial charge < -0.3 is 4.42 Å². The lowest BCUT2D eigenvalue weighted by Gasteiger charge is -2.15. The molecule has 120 valence electrons. The molecule has 0 spiro atoms. The molecule has 0 saturated heterocycles. The molecule has 24 heavy (non-hydrogen) atoms. The van der Waals surface area contributed by atoms with Crippen molar-refractivity contribution in [2.24, 2.45) is 0 Å². The van der Waals surface area contributed by atoms with Crippen molar-refractivity contribution in [3.8, 4) is 17.1 Å². The summed E-state index contributed by atoms with van der Waals surface area (Å²) in [5.74, 6) is 1.46. The number of pyridine rings is 1. The molecule has 0 bridgehead atoms. The van der Waals surface area contributed by atoms with Gasteiger partial charge in [-0.25, -0.2) is 15.0 Å². The van der Waals surface area contributed by atoms with Crippen LogP contribution in [0.3, 0.4) is 0 Å². The van der Waals surface area contributed by atoms with Crippen molar-refractivity contribution in [1.29, 1.82) is 0 Å². The molecule has 5 nitrogen and oxygen atoms in total. The number of benzene rings is 1. The van der Waals surface area contributed by atoms with E-state index in [0.29, 0.717) is 11.6 Å². The standard InChI is InChI=1S/C19H18N4O/c1-11-7-12(2)17(13(3)8-11)23-6-5-20-18(23)15-9-16-19(21-10-15)24-14(4)22-16/h5-10H,1-4H3. The molecular weight excluding hydrogens is 300 g/mol. The van der Waals surface area contributed by atoms with E-state index in [0.717, 1.165) is 22.6 Å². The molecule has 0 radical (unpaired) electrons. The molecular formula is C19H18N4O. The summed E-state index contributed by atoms with van der Waals surface area (Å²) in [5, 5.41) is 0. The van der Waals surface area contributed by atoms with E-state index < -0.39 is 0 Å². The van der Waals surface area contributed by atoms with Crippen LogP contribution in [-0.2, 0) is 0 Å². The largest absolute Gasteiger partial charge is 0.423 e. The normalized spacial score (nSPS) is 11.3. The van der Waals surface area contributed by atoms with Gasteiger partial charge in [0.15, 0.2) is 5.89 Å². The first-order valence-electron chi connectivity index (χ1n) is 7.88. The second-order valence-electron chi connectivity index (χ2n) is 6.15. The molecule has 0 atom stereocenters. The Labute approximate surface area is 140 Å². The Bertz CT molecular complexity index is 1040. The van der Waals surface area contributed by atoms with E-state index in [1.54, 1.807) is 6.20 Å². The zero-order chi connectivity index (χ0) is 16.8. The van der Waals surface area contributed by atoms with Gasteiger partial charge in [0, 0.05) is 31.1 Å². The fourth-order valence-corrected chi connectivity index (χ4v) is 3.30. The van der Waals surface area contributed by atoms with Crippen molar-refractivity contribution >= 4 is 11.2 Å². The number of aryl methyl sites for hydroxylation is 4. The molecule has 0 fully saturated rings. The van der Waals surface area contributed by atoms with Gasteiger partial charge in [0.2, 0.25) is 5.71 Å². The molecule has 1 aromatic carbocycles. The molecule has 0 unspecified atom stereocenters. The Balaban J connectivity index is 1.91. The van der Waals surface area contributed by atoms with Gasteiger partial charge in [-0.05, 0) is 38.0 Å². The van der Waals surface area contributed by atoms with Crippen molar-refractivity contribution in [3.63, 3.8) is 0 Å². The summed E-state index contributed by atoms with van der Waals surface area (Å²) in [6.45, 7) is 8.19. The minimum Gasteiger partial charge on any atom is -0.423 e. The lowest BCUT2D eigenvalue weighted by molar-refractivity contribution is 0.551. The lowest BCUT2D eigenvalue weighted by Crippen LogP contribution is -2.02. The number of aromatic nitrogens is 4. The SMILES string of the molecule is Cc1cc(C)c(-n2ccnc2-c2cnc3oc(C)nc3c2)c(C)c1. The monoisotopic (exact) mass is 318 g/mol. The van der Waals surface area contributed by atoms with Crippen molar-refractivity contribution in [2.45, 2.75) is 27.7 Å². The lowest BCUT2D eigenvalue weighted by atomic mass is 10.0.